The fraction of sp³-hybridized carbons (Fsp3) is 0.278. The van der Waals surface area contributed by atoms with Gasteiger partial charge in [-0.05, 0) is 61.1 Å². The molecule has 0 heterocycles. The summed E-state index contributed by atoms with van der Waals surface area (Å²) in [5, 5.41) is 3.18. The summed E-state index contributed by atoms with van der Waals surface area (Å²) >= 11 is 3.39. The van der Waals surface area contributed by atoms with Crippen LogP contribution in [-0.2, 0) is 12.8 Å². The lowest BCUT2D eigenvalue weighted by molar-refractivity contribution is 0.0935. The van der Waals surface area contributed by atoms with E-state index in [1.54, 1.807) is 0 Å². The van der Waals surface area contributed by atoms with Gasteiger partial charge >= 0.3 is 0 Å². The van der Waals surface area contributed by atoms with Gasteiger partial charge in [-0.15, -0.1) is 0 Å². The Morgan fingerprint density at radius 3 is 2.52 bits per heavy atom. The van der Waals surface area contributed by atoms with E-state index < -0.39 is 0 Å². The molecule has 108 valence electrons. The van der Waals surface area contributed by atoms with Crippen molar-refractivity contribution < 1.29 is 4.79 Å². The lowest BCUT2D eigenvalue weighted by atomic mass is 10.0. The Morgan fingerprint density at radius 2 is 1.76 bits per heavy atom. The second kappa shape index (κ2) is 6.44. The molecule has 0 saturated carbocycles. The van der Waals surface area contributed by atoms with E-state index in [0.29, 0.717) is 0 Å². The maximum atomic E-state index is 12.3. The van der Waals surface area contributed by atoms with Crippen LogP contribution in [-0.4, -0.2) is 11.9 Å². The van der Waals surface area contributed by atoms with E-state index in [-0.39, 0.29) is 11.9 Å². The zero-order valence-electron chi connectivity index (χ0n) is 11.8. The highest BCUT2D eigenvalue weighted by Gasteiger charge is 2.18. The van der Waals surface area contributed by atoms with Crippen molar-refractivity contribution in [3.63, 3.8) is 0 Å². The maximum Gasteiger partial charge on any atom is 0.251 e. The second-order valence-corrected chi connectivity index (χ2v) is 6.46. The lowest BCUT2D eigenvalue weighted by Gasteiger charge is -2.17. The van der Waals surface area contributed by atoms with Crippen LogP contribution in [0.1, 0.15) is 34.3 Å². The van der Waals surface area contributed by atoms with Gasteiger partial charge in [-0.25, -0.2) is 0 Å². The van der Waals surface area contributed by atoms with Gasteiger partial charge in [0.15, 0.2) is 0 Å². The molecule has 1 aliphatic rings. The Kier molecular flexibility index (Phi) is 4.39. The topological polar surface area (TPSA) is 29.1 Å². The van der Waals surface area contributed by atoms with E-state index >= 15 is 0 Å². The van der Waals surface area contributed by atoms with Crippen LogP contribution in [0.3, 0.4) is 0 Å². The molecule has 1 aliphatic carbocycles. The molecule has 0 fully saturated rings. The number of nitrogens with one attached hydrogen (secondary N) is 1. The van der Waals surface area contributed by atoms with Crippen LogP contribution in [0, 0.1) is 0 Å². The number of carbonyl (C=O) groups is 1. The van der Waals surface area contributed by atoms with Crippen LogP contribution in [0.25, 0.3) is 0 Å². The number of benzene rings is 2. The molecule has 2 aromatic carbocycles. The lowest BCUT2D eigenvalue weighted by Crippen LogP contribution is -2.36. The Balaban J connectivity index is 1.70. The number of aryl methyl sites for hydroxylation is 1. The standard InChI is InChI=1S/C18H18BrNO/c19-16-10-8-14(9-11-16)18(21)20-17-7-3-6-13-4-1-2-5-15(13)12-17/h1-2,4-5,8-11,17H,3,6-7,12H2,(H,20,21)/t17-/m1/s1. The highest BCUT2D eigenvalue weighted by atomic mass is 79.9. The van der Waals surface area contributed by atoms with Crippen LogP contribution in [0.15, 0.2) is 53.0 Å². The smallest absolute Gasteiger partial charge is 0.251 e. The van der Waals surface area contributed by atoms with Crippen LogP contribution in [0.4, 0.5) is 0 Å². The molecule has 1 amide bonds. The van der Waals surface area contributed by atoms with E-state index in [4.69, 9.17) is 0 Å². The van der Waals surface area contributed by atoms with E-state index in [9.17, 15) is 4.79 Å². The number of hydrogen-bond donors (Lipinski definition) is 1. The summed E-state index contributed by atoms with van der Waals surface area (Å²) in [5.41, 5.74) is 3.52. The van der Waals surface area contributed by atoms with Gasteiger partial charge in [0.05, 0.1) is 0 Å². The number of halogens is 1. The predicted molar refractivity (Wildman–Crippen MR) is 88.5 cm³/mol. The molecule has 2 aromatic rings. The molecule has 0 aliphatic heterocycles. The van der Waals surface area contributed by atoms with Crippen molar-refractivity contribution in [2.75, 3.05) is 0 Å². The van der Waals surface area contributed by atoms with Crippen molar-refractivity contribution in [3.05, 3.63) is 69.7 Å². The number of rotatable bonds is 2. The average molecular weight is 344 g/mol. The minimum absolute atomic E-state index is 0.0203. The molecule has 0 bridgehead atoms. The molecular formula is C18H18BrNO. The van der Waals surface area contributed by atoms with Crippen LogP contribution < -0.4 is 5.32 Å². The zero-order chi connectivity index (χ0) is 14.7. The molecule has 0 unspecified atom stereocenters. The fourth-order valence-electron chi connectivity index (χ4n) is 2.90. The normalized spacial score (nSPS) is 17.7. The SMILES string of the molecule is O=C(N[C@@H]1CCCc2ccccc2C1)c1ccc(Br)cc1. The summed E-state index contributed by atoms with van der Waals surface area (Å²) in [6.45, 7) is 0. The monoisotopic (exact) mass is 343 g/mol. The van der Waals surface area contributed by atoms with Crippen molar-refractivity contribution in [3.8, 4) is 0 Å². The highest BCUT2D eigenvalue weighted by molar-refractivity contribution is 9.10. The molecule has 0 aromatic heterocycles. The number of amides is 1. The van der Waals surface area contributed by atoms with Gasteiger partial charge in [0.25, 0.3) is 5.91 Å². The van der Waals surface area contributed by atoms with Gasteiger partial charge in [-0.2, -0.15) is 0 Å². The van der Waals surface area contributed by atoms with Crippen LogP contribution in [0.5, 0.6) is 0 Å². The minimum Gasteiger partial charge on any atom is -0.349 e. The Morgan fingerprint density at radius 1 is 1.05 bits per heavy atom. The first-order chi connectivity index (χ1) is 10.2. The van der Waals surface area contributed by atoms with Crippen molar-refractivity contribution in [1.29, 1.82) is 0 Å². The molecule has 0 saturated heterocycles. The van der Waals surface area contributed by atoms with E-state index in [1.807, 2.05) is 24.3 Å². The van der Waals surface area contributed by atoms with Gasteiger partial charge in [-0.1, -0.05) is 40.2 Å². The number of carbonyl (C=O) groups excluding carboxylic acids is 1. The predicted octanol–water partition coefficient (Wildman–Crippen LogP) is 4.13. The average Bonchev–Trinajstić information content (AvgIpc) is 2.69. The fourth-order valence-corrected chi connectivity index (χ4v) is 3.16. The molecule has 1 N–H and O–H groups in total. The van der Waals surface area contributed by atoms with E-state index in [2.05, 4.69) is 45.5 Å². The number of hydrogen-bond acceptors (Lipinski definition) is 1. The Hall–Kier alpha value is -1.61. The van der Waals surface area contributed by atoms with Crippen molar-refractivity contribution in [2.24, 2.45) is 0 Å². The Labute approximate surface area is 133 Å². The third kappa shape index (κ3) is 3.53. The minimum atomic E-state index is 0.0203. The van der Waals surface area contributed by atoms with Gasteiger partial charge in [0.2, 0.25) is 0 Å². The summed E-state index contributed by atoms with van der Waals surface area (Å²) in [4.78, 5) is 12.3. The van der Waals surface area contributed by atoms with Gasteiger partial charge in [0.1, 0.15) is 0 Å². The summed E-state index contributed by atoms with van der Waals surface area (Å²) in [6, 6.07) is 16.3. The van der Waals surface area contributed by atoms with Crippen LogP contribution >= 0.6 is 15.9 Å². The van der Waals surface area contributed by atoms with E-state index in [1.165, 1.54) is 11.1 Å². The molecule has 0 spiro atoms. The van der Waals surface area contributed by atoms with Crippen LogP contribution in [0.2, 0.25) is 0 Å². The summed E-state index contributed by atoms with van der Waals surface area (Å²) in [6.07, 6.45) is 4.21. The third-order valence-corrected chi connectivity index (χ3v) is 4.55. The first-order valence-corrected chi connectivity index (χ1v) is 8.15. The molecular weight excluding hydrogens is 326 g/mol. The summed E-state index contributed by atoms with van der Waals surface area (Å²) in [5.74, 6) is 0.0203. The first-order valence-electron chi connectivity index (χ1n) is 7.35. The highest BCUT2D eigenvalue weighted by Crippen LogP contribution is 2.21. The zero-order valence-corrected chi connectivity index (χ0v) is 13.4. The Bertz CT molecular complexity index is 636. The maximum absolute atomic E-state index is 12.3. The molecule has 21 heavy (non-hydrogen) atoms. The molecule has 0 radical (unpaired) electrons. The van der Waals surface area contributed by atoms with Gasteiger partial charge in [-0.3, -0.25) is 4.79 Å². The summed E-state index contributed by atoms with van der Waals surface area (Å²) < 4.78 is 0.988. The van der Waals surface area contributed by atoms with Crippen molar-refractivity contribution in [2.45, 2.75) is 31.7 Å². The molecule has 3 rings (SSSR count). The molecule has 1 atom stereocenters. The second-order valence-electron chi connectivity index (χ2n) is 5.54. The first kappa shape index (κ1) is 14.3. The quantitative estimate of drug-likeness (QED) is 0.816. The van der Waals surface area contributed by atoms with Crippen molar-refractivity contribution in [1.82, 2.24) is 5.32 Å². The van der Waals surface area contributed by atoms with Crippen molar-refractivity contribution >= 4 is 21.8 Å². The summed E-state index contributed by atoms with van der Waals surface area (Å²) in [7, 11) is 0. The largest absolute Gasteiger partial charge is 0.349 e. The molecule has 2 nitrogen and oxygen atoms in total. The number of fused-ring (bicyclic) bond motifs is 1. The molecule has 3 heteroatoms. The third-order valence-electron chi connectivity index (χ3n) is 4.03. The van der Waals surface area contributed by atoms with Gasteiger partial charge in [0, 0.05) is 16.1 Å². The van der Waals surface area contributed by atoms with Gasteiger partial charge < -0.3 is 5.32 Å². The van der Waals surface area contributed by atoms with E-state index in [0.717, 1.165) is 35.7 Å².